The normalized spacial score (nSPS) is 14.5. The number of hydrogen-bond donors (Lipinski definition) is 1. The zero-order valence-electron chi connectivity index (χ0n) is 20.3. The minimum atomic E-state index is -0.899. The Kier molecular flexibility index (Phi) is 7.10. The first kappa shape index (κ1) is 23.7. The van der Waals surface area contributed by atoms with E-state index in [0.29, 0.717) is 23.0 Å². The average molecular weight is 465 g/mol. The molecule has 34 heavy (non-hydrogen) atoms. The molecular formula is C27H32N2O5. The van der Waals surface area contributed by atoms with Crippen LogP contribution in [0.25, 0.3) is 10.9 Å². The lowest BCUT2D eigenvalue weighted by Gasteiger charge is -2.30. The van der Waals surface area contributed by atoms with Crippen LogP contribution in [0.3, 0.4) is 0 Å². The van der Waals surface area contributed by atoms with E-state index in [-0.39, 0.29) is 6.04 Å². The Morgan fingerprint density at radius 3 is 2.24 bits per heavy atom. The van der Waals surface area contributed by atoms with Gasteiger partial charge in [0.15, 0.2) is 11.5 Å². The number of amides is 1. The fourth-order valence-electron chi connectivity index (χ4n) is 4.77. The van der Waals surface area contributed by atoms with Gasteiger partial charge in [-0.1, -0.05) is 25.7 Å². The van der Waals surface area contributed by atoms with Crippen LogP contribution >= 0.6 is 0 Å². The molecule has 0 bridgehead atoms. The Hall–Kier alpha value is -3.48. The van der Waals surface area contributed by atoms with Crippen molar-refractivity contribution in [3.8, 4) is 23.0 Å². The van der Waals surface area contributed by atoms with Crippen LogP contribution in [-0.4, -0.2) is 36.4 Å². The Morgan fingerprint density at radius 1 is 0.912 bits per heavy atom. The molecule has 0 radical (unpaired) electrons. The molecule has 1 aliphatic carbocycles. The van der Waals surface area contributed by atoms with E-state index < -0.39 is 6.09 Å². The molecule has 1 N–H and O–H groups in total. The summed E-state index contributed by atoms with van der Waals surface area (Å²) in [6.07, 6.45) is 7.07. The summed E-state index contributed by atoms with van der Waals surface area (Å²) in [7, 11) is 3.18. The number of methoxy groups -OCH3 is 2. The van der Waals surface area contributed by atoms with Crippen LogP contribution in [-0.2, 0) is 0 Å². The number of anilines is 1. The van der Waals surface area contributed by atoms with Crippen molar-refractivity contribution in [1.82, 2.24) is 4.98 Å². The molecule has 4 rings (SSSR count). The third-order valence-corrected chi connectivity index (χ3v) is 6.58. The monoisotopic (exact) mass is 464 g/mol. The largest absolute Gasteiger partial charge is 0.493 e. The average Bonchev–Trinajstić information content (AvgIpc) is 3.10. The van der Waals surface area contributed by atoms with E-state index in [1.165, 1.54) is 12.8 Å². The molecule has 0 saturated heterocycles. The quantitative estimate of drug-likeness (QED) is 0.401. The summed E-state index contributed by atoms with van der Waals surface area (Å²) < 4.78 is 17.2. The maximum atomic E-state index is 12.3. The fourth-order valence-corrected chi connectivity index (χ4v) is 4.77. The number of aromatic nitrogens is 1. The van der Waals surface area contributed by atoms with Crippen LogP contribution in [0.2, 0.25) is 0 Å². The Labute approximate surface area is 200 Å². The summed E-state index contributed by atoms with van der Waals surface area (Å²) in [6.45, 7) is 3.88. The molecule has 1 heterocycles. The molecule has 0 atom stereocenters. The standard InChI is InChI=1S/C27H32N2O5/c1-17-14-24(18(2)13-22(17)29(27(30)31)19-9-7-5-6-8-10-19)34-23-11-12-28-21-16-26(33-4)25(32-3)15-20(21)23/h11-16,19H,5-10H2,1-4H3,(H,30,31). The van der Waals surface area contributed by atoms with Gasteiger partial charge in [0.2, 0.25) is 0 Å². The predicted molar refractivity (Wildman–Crippen MR) is 133 cm³/mol. The molecule has 7 nitrogen and oxygen atoms in total. The first-order chi connectivity index (χ1) is 16.4. The number of aryl methyl sites for hydroxylation is 2. The molecule has 0 spiro atoms. The number of carboxylic acid groups (broad SMARTS) is 1. The molecule has 180 valence electrons. The van der Waals surface area contributed by atoms with Gasteiger partial charge in [0.1, 0.15) is 11.5 Å². The smallest absolute Gasteiger partial charge is 0.412 e. The summed E-state index contributed by atoms with van der Waals surface area (Å²) in [6, 6.07) is 9.34. The SMILES string of the molecule is COc1cc2nccc(Oc3cc(C)c(N(C(=O)O)C4CCCCCC4)cc3C)c2cc1OC. The highest BCUT2D eigenvalue weighted by Crippen LogP contribution is 2.39. The molecule has 7 heteroatoms. The molecule has 0 aliphatic heterocycles. The van der Waals surface area contributed by atoms with E-state index in [1.54, 1.807) is 25.3 Å². The lowest BCUT2D eigenvalue weighted by molar-refractivity contribution is 0.198. The summed E-state index contributed by atoms with van der Waals surface area (Å²) in [4.78, 5) is 18.3. The summed E-state index contributed by atoms with van der Waals surface area (Å²) >= 11 is 0. The number of hydrogen-bond acceptors (Lipinski definition) is 5. The van der Waals surface area contributed by atoms with Gasteiger partial charge in [-0.25, -0.2) is 4.79 Å². The van der Waals surface area contributed by atoms with E-state index in [0.717, 1.165) is 53.4 Å². The van der Waals surface area contributed by atoms with Gasteiger partial charge < -0.3 is 19.3 Å². The second-order valence-corrected chi connectivity index (χ2v) is 8.84. The maximum Gasteiger partial charge on any atom is 0.412 e. The van der Waals surface area contributed by atoms with Crippen molar-refractivity contribution < 1.29 is 24.1 Å². The summed E-state index contributed by atoms with van der Waals surface area (Å²) in [5.74, 6) is 2.51. The minimum absolute atomic E-state index is 0.0106. The summed E-state index contributed by atoms with van der Waals surface area (Å²) in [5.41, 5.74) is 3.19. The van der Waals surface area contributed by atoms with Crippen LogP contribution in [0, 0.1) is 13.8 Å². The Morgan fingerprint density at radius 2 is 1.59 bits per heavy atom. The molecule has 1 saturated carbocycles. The van der Waals surface area contributed by atoms with Crippen molar-refractivity contribution in [3.63, 3.8) is 0 Å². The molecule has 2 aromatic carbocycles. The van der Waals surface area contributed by atoms with Gasteiger partial charge in [-0.2, -0.15) is 0 Å². The molecule has 1 aromatic heterocycles. The van der Waals surface area contributed by atoms with Crippen molar-refractivity contribution in [3.05, 3.63) is 47.7 Å². The van der Waals surface area contributed by atoms with E-state index >= 15 is 0 Å². The lowest BCUT2D eigenvalue weighted by Crippen LogP contribution is -2.39. The maximum absolute atomic E-state index is 12.3. The van der Waals surface area contributed by atoms with Gasteiger partial charge in [0, 0.05) is 23.7 Å². The van der Waals surface area contributed by atoms with E-state index in [4.69, 9.17) is 14.2 Å². The highest BCUT2D eigenvalue weighted by Gasteiger charge is 2.27. The Balaban J connectivity index is 1.70. The zero-order chi connectivity index (χ0) is 24.2. The highest BCUT2D eigenvalue weighted by atomic mass is 16.5. The number of nitrogens with zero attached hydrogens (tertiary/aromatic N) is 2. The molecule has 3 aromatic rings. The topological polar surface area (TPSA) is 81.1 Å². The number of rotatable bonds is 6. The second-order valence-electron chi connectivity index (χ2n) is 8.84. The van der Waals surface area contributed by atoms with Gasteiger partial charge in [0.25, 0.3) is 0 Å². The van der Waals surface area contributed by atoms with Crippen LogP contribution < -0.4 is 19.1 Å². The van der Waals surface area contributed by atoms with Crippen LogP contribution in [0.4, 0.5) is 10.5 Å². The van der Waals surface area contributed by atoms with Crippen molar-refractivity contribution in [1.29, 1.82) is 0 Å². The first-order valence-corrected chi connectivity index (χ1v) is 11.7. The van der Waals surface area contributed by atoms with Gasteiger partial charge in [-0.15, -0.1) is 0 Å². The Bertz CT molecular complexity index is 1190. The first-order valence-electron chi connectivity index (χ1n) is 11.7. The van der Waals surface area contributed by atoms with Gasteiger partial charge >= 0.3 is 6.09 Å². The third kappa shape index (κ3) is 4.74. The van der Waals surface area contributed by atoms with Crippen molar-refractivity contribution in [2.75, 3.05) is 19.1 Å². The van der Waals surface area contributed by atoms with Crippen LogP contribution in [0.15, 0.2) is 36.5 Å². The van der Waals surface area contributed by atoms with Gasteiger partial charge in [-0.3, -0.25) is 9.88 Å². The minimum Gasteiger partial charge on any atom is -0.493 e. The molecule has 1 aliphatic rings. The number of carbonyl (C=O) groups is 1. The van der Waals surface area contributed by atoms with Gasteiger partial charge in [-0.05, 0) is 62.1 Å². The van der Waals surface area contributed by atoms with Gasteiger partial charge in [0.05, 0.1) is 25.4 Å². The van der Waals surface area contributed by atoms with Crippen molar-refractivity contribution in [2.45, 2.75) is 58.4 Å². The van der Waals surface area contributed by atoms with Crippen LogP contribution in [0.1, 0.15) is 49.7 Å². The number of fused-ring (bicyclic) bond motifs is 1. The molecule has 1 fully saturated rings. The summed E-state index contributed by atoms with van der Waals surface area (Å²) in [5, 5.41) is 10.9. The number of ether oxygens (including phenoxy) is 3. The fraction of sp³-hybridized carbons (Fsp3) is 0.407. The molecular weight excluding hydrogens is 432 g/mol. The van der Waals surface area contributed by atoms with E-state index in [9.17, 15) is 9.90 Å². The second kappa shape index (κ2) is 10.2. The third-order valence-electron chi connectivity index (χ3n) is 6.58. The van der Waals surface area contributed by atoms with E-state index in [1.807, 2.05) is 44.2 Å². The lowest BCUT2D eigenvalue weighted by atomic mass is 10.0. The predicted octanol–water partition coefficient (Wildman–Crippen LogP) is 6.87. The molecule has 0 unspecified atom stereocenters. The number of pyridine rings is 1. The van der Waals surface area contributed by atoms with Crippen LogP contribution in [0.5, 0.6) is 23.0 Å². The molecule has 1 amide bonds. The van der Waals surface area contributed by atoms with Crippen molar-refractivity contribution in [2.24, 2.45) is 0 Å². The highest BCUT2D eigenvalue weighted by molar-refractivity contribution is 5.89. The number of benzene rings is 2. The van der Waals surface area contributed by atoms with E-state index in [2.05, 4.69) is 4.98 Å². The zero-order valence-corrected chi connectivity index (χ0v) is 20.3. The van der Waals surface area contributed by atoms with Crippen molar-refractivity contribution >= 4 is 22.7 Å².